The van der Waals surface area contributed by atoms with E-state index in [4.69, 9.17) is 47.4 Å². The lowest BCUT2D eigenvalue weighted by molar-refractivity contribution is -0.369. The molecule has 0 aromatic heterocycles. The molecule has 11 nitrogen and oxygen atoms in total. The average molecular weight is 440 g/mol. The van der Waals surface area contributed by atoms with Crippen LogP contribution in [0.2, 0.25) is 0 Å². The zero-order chi connectivity index (χ0) is 22.3. The molecular formula is C19H36O11. The predicted molar refractivity (Wildman–Crippen MR) is 102 cm³/mol. The van der Waals surface area contributed by atoms with Crippen LogP contribution < -0.4 is 0 Å². The summed E-state index contributed by atoms with van der Waals surface area (Å²) in [6.45, 7) is 0.475. The normalized spacial score (nSPS) is 42.4. The van der Waals surface area contributed by atoms with E-state index in [1.807, 2.05) is 0 Å². The number of ether oxygens (including phenoxy) is 10. The minimum absolute atomic E-state index is 0.222. The molecule has 2 heterocycles. The third-order valence-corrected chi connectivity index (χ3v) is 5.51. The minimum Gasteiger partial charge on any atom is -0.382 e. The van der Waals surface area contributed by atoms with Gasteiger partial charge < -0.3 is 52.5 Å². The highest BCUT2D eigenvalue weighted by Gasteiger charge is 2.52. The smallest absolute Gasteiger partial charge is 0.187 e. The predicted octanol–water partition coefficient (Wildman–Crippen LogP) is -0.818. The molecule has 0 aliphatic carbocycles. The van der Waals surface area contributed by atoms with E-state index in [9.17, 15) is 5.11 Å². The van der Waals surface area contributed by atoms with Crippen molar-refractivity contribution in [3.63, 3.8) is 0 Å². The highest BCUT2D eigenvalue weighted by atomic mass is 16.8. The Morgan fingerprint density at radius 2 is 1.00 bits per heavy atom. The summed E-state index contributed by atoms with van der Waals surface area (Å²) in [4.78, 5) is 0. The fourth-order valence-corrected chi connectivity index (χ4v) is 4.13. The van der Waals surface area contributed by atoms with E-state index >= 15 is 0 Å². The van der Waals surface area contributed by atoms with Crippen LogP contribution in [0, 0.1) is 0 Å². The number of methoxy groups -OCH3 is 7. The molecule has 2 aliphatic rings. The van der Waals surface area contributed by atoms with Gasteiger partial charge in [-0.2, -0.15) is 0 Å². The Balaban J connectivity index is 2.25. The van der Waals surface area contributed by atoms with Crippen LogP contribution in [-0.2, 0) is 47.4 Å². The van der Waals surface area contributed by atoms with Crippen LogP contribution in [0.25, 0.3) is 0 Å². The van der Waals surface area contributed by atoms with E-state index in [2.05, 4.69) is 0 Å². The molecule has 0 spiro atoms. The topological polar surface area (TPSA) is 113 Å². The highest BCUT2D eigenvalue weighted by molar-refractivity contribution is 4.96. The second-order valence-electron chi connectivity index (χ2n) is 7.12. The van der Waals surface area contributed by atoms with Gasteiger partial charge in [0.2, 0.25) is 0 Å². The molecule has 2 rings (SSSR count). The van der Waals surface area contributed by atoms with E-state index in [1.165, 1.54) is 21.3 Å². The molecule has 2 fully saturated rings. The van der Waals surface area contributed by atoms with Gasteiger partial charge in [0.1, 0.15) is 48.8 Å². The summed E-state index contributed by atoms with van der Waals surface area (Å²) in [6.07, 6.45) is -6.92. The first-order chi connectivity index (χ1) is 14.5. The molecule has 0 radical (unpaired) electrons. The van der Waals surface area contributed by atoms with Crippen molar-refractivity contribution in [2.75, 3.05) is 63.0 Å². The summed E-state index contributed by atoms with van der Waals surface area (Å²) in [7, 11) is 10.8. The van der Waals surface area contributed by atoms with Gasteiger partial charge in [-0.25, -0.2) is 0 Å². The zero-order valence-electron chi connectivity index (χ0n) is 18.7. The molecule has 10 atom stereocenters. The van der Waals surface area contributed by atoms with Crippen molar-refractivity contribution >= 4 is 0 Å². The Kier molecular flexibility index (Phi) is 10.8. The molecule has 0 bridgehead atoms. The number of hydrogen-bond acceptors (Lipinski definition) is 11. The van der Waals surface area contributed by atoms with Gasteiger partial charge in [0.05, 0.1) is 13.2 Å². The molecule has 0 unspecified atom stereocenters. The van der Waals surface area contributed by atoms with Crippen molar-refractivity contribution in [3.05, 3.63) is 0 Å². The Morgan fingerprint density at radius 1 is 0.567 bits per heavy atom. The fraction of sp³-hybridized carbons (Fsp3) is 1.00. The van der Waals surface area contributed by atoms with E-state index in [0.717, 1.165) is 0 Å². The van der Waals surface area contributed by atoms with E-state index in [0.29, 0.717) is 0 Å². The summed E-state index contributed by atoms with van der Waals surface area (Å²) in [5.74, 6) is 0. The maximum Gasteiger partial charge on any atom is 0.187 e. The van der Waals surface area contributed by atoms with Crippen molar-refractivity contribution in [3.8, 4) is 0 Å². The second-order valence-corrected chi connectivity index (χ2v) is 7.12. The number of aliphatic hydroxyl groups is 1. The van der Waals surface area contributed by atoms with E-state index in [1.54, 1.807) is 28.4 Å². The fourth-order valence-electron chi connectivity index (χ4n) is 4.13. The Morgan fingerprint density at radius 3 is 1.43 bits per heavy atom. The maximum atomic E-state index is 10.6. The molecule has 11 heteroatoms. The van der Waals surface area contributed by atoms with Gasteiger partial charge in [0, 0.05) is 49.8 Å². The van der Waals surface area contributed by atoms with Gasteiger partial charge in [-0.15, -0.1) is 0 Å². The third-order valence-electron chi connectivity index (χ3n) is 5.51. The largest absolute Gasteiger partial charge is 0.382 e. The first-order valence-corrected chi connectivity index (χ1v) is 9.77. The summed E-state index contributed by atoms with van der Waals surface area (Å²) < 4.78 is 56.3. The van der Waals surface area contributed by atoms with Gasteiger partial charge in [-0.1, -0.05) is 0 Å². The van der Waals surface area contributed by atoms with Crippen molar-refractivity contribution in [1.82, 2.24) is 0 Å². The highest BCUT2D eigenvalue weighted by Crippen LogP contribution is 2.33. The van der Waals surface area contributed by atoms with Gasteiger partial charge in [-0.05, 0) is 0 Å². The molecule has 0 saturated carbocycles. The third kappa shape index (κ3) is 5.48. The number of hydrogen-bond donors (Lipinski definition) is 1. The molecule has 178 valence electrons. The quantitative estimate of drug-likeness (QED) is 0.435. The summed E-state index contributed by atoms with van der Waals surface area (Å²) >= 11 is 0. The Labute approximate surface area is 177 Å². The van der Waals surface area contributed by atoms with Crippen LogP contribution in [0.4, 0.5) is 0 Å². The van der Waals surface area contributed by atoms with Crippen LogP contribution in [-0.4, -0.2) is 130 Å². The summed E-state index contributed by atoms with van der Waals surface area (Å²) in [5, 5.41) is 10.6. The Bertz CT molecular complexity index is 481. The minimum atomic E-state index is -1.30. The first-order valence-electron chi connectivity index (χ1n) is 9.77. The van der Waals surface area contributed by atoms with Gasteiger partial charge in [-0.3, -0.25) is 0 Å². The van der Waals surface area contributed by atoms with E-state index in [-0.39, 0.29) is 13.2 Å². The van der Waals surface area contributed by atoms with Crippen molar-refractivity contribution < 1.29 is 52.5 Å². The van der Waals surface area contributed by atoms with Crippen LogP contribution in [0.15, 0.2) is 0 Å². The van der Waals surface area contributed by atoms with Crippen LogP contribution in [0.3, 0.4) is 0 Å². The molecule has 30 heavy (non-hydrogen) atoms. The van der Waals surface area contributed by atoms with E-state index < -0.39 is 61.4 Å². The molecule has 2 saturated heterocycles. The van der Waals surface area contributed by atoms with Gasteiger partial charge in [0.25, 0.3) is 0 Å². The van der Waals surface area contributed by atoms with Gasteiger partial charge in [0.15, 0.2) is 12.6 Å². The molecule has 0 aromatic rings. The maximum absolute atomic E-state index is 10.6. The monoisotopic (exact) mass is 440 g/mol. The lowest BCUT2D eigenvalue weighted by atomic mass is 9.96. The molecular weight excluding hydrogens is 404 g/mol. The van der Waals surface area contributed by atoms with Crippen molar-refractivity contribution in [2.24, 2.45) is 0 Å². The lowest BCUT2D eigenvalue weighted by Gasteiger charge is -2.48. The number of rotatable bonds is 11. The molecule has 0 aromatic carbocycles. The summed E-state index contributed by atoms with van der Waals surface area (Å²) in [5.41, 5.74) is 0. The second kappa shape index (κ2) is 12.6. The number of aliphatic hydroxyl groups excluding tert-OH is 1. The van der Waals surface area contributed by atoms with Crippen molar-refractivity contribution in [2.45, 2.75) is 61.4 Å². The Hall–Kier alpha value is -0.440. The van der Waals surface area contributed by atoms with Gasteiger partial charge >= 0.3 is 0 Å². The zero-order valence-corrected chi connectivity index (χ0v) is 18.7. The standard InChI is InChI=1S/C19H36O11/c1-21-8-10-12(23-3)14(25-5)16(18(20)28-10)30-19-17(27-7)15(26-6)13(24-4)11(29-19)9-22-2/h10-20H,8-9H2,1-7H3/t10-,11-,12-,13-,14+,15+,16-,17-,18-,19+/m0/s1. The summed E-state index contributed by atoms with van der Waals surface area (Å²) in [6, 6.07) is 0. The van der Waals surface area contributed by atoms with Crippen LogP contribution in [0.1, 0.15) is 0 Å². The van der Waals surface area contributed by atoms with Crippen molar-refractivity contribution in [1.29, 1.82) is 0 Å². The van der Waals surface area contributed by atoms with Crippen LogP contribution >= 0.6 is 0 Å². The lowest BCUT2D eigenvalue weighted by Crippen LogP contribution is -2.65. The SMILES string of the molecule is COC[C@@H]1O[C@H](O)[C@@H](O[C@H]2O[C@@H](COC)[C@H](OC)[C@@H](OC)[C@@H]2OC)[C@H](OC)[C@H]1OC. The first kappa shape index (κ1) is 25.8. The molecule has 0 amide bonds. The molecule has 1 N–H and O–H groups in total. The molecule has 2 aliphatic heterocycles. The average Bonchev–Trinajstić information content (AvgIpc) is 2.74. The van der Waals surface area contributed by atoms with Crippen LogP contribution in [0.5, 0.6) is 0 Å².